The Hall–Kier alpha value is -2.15. The fourth-order valence-corrected chi connectivity index (χ4v) is 2.25. The molecule has 0 unspecified atom stereocenters. The zero-order valence-electron chi connectivity index (χ0n) is 10.9. The molecule has 0 spiro atoms. The number of amides is 1. The van der Waals surface area contributed by atoms with E-state index in [1.807, 2.05) is 4.90 Å². The highest BCUT2D eigenvalue weighted by Gasteiger charge is 2.16. The molecule has 1 amide bonds. The first kappa shape index (κ1) is 12.9. The molecule has 0 radical (unpaired) electrons. The van der Waals surface area contributed by atoms with Gasteiger partial charge in [0, 0.05) is 26.2 Å². The van der Waals surface area contributed by atoms with Crippen LogP contribution in [0.5, 0.6) is 0 Å². The monoisotopic (exact) mass is 277 g/mol. The maximum atomic E-state index is 13.1. The number of carbonyl (C=O) groups is 1. The quantitative estimate of drug-likeness (QED) is 0.766. The van der Waals surface area contributed by atoms with E-state index in [9.17, 15) is 9.18 Å². The van der Waals surface area contributed by atoms with Gasteiger partial charge in [0.05, 0.1) is 17.6 Å². The number of anilines is 1. The molecule has 20 heavy (non-hydrogen) atoms. The second-order valence-corrected chi connectivity index (χ2v) is 4.73. The number of piperazine rings is 1. The molecule has 7 heteroatoms. The van der Waals surface area contributed by atoms with Crippen LogP contribution in [0.2, 0.25) is 0 Å². The number of hydrogen-bond acceptors (Lipinski definition) is 4. The third-order valence-corrected chi connectivity index (χ3v) is 3.32. The summed E-state index contributed by atoms with van der Waals surface area (Å²) in [5, 5.41) is 6.15. The number of imidazole rings is 1. The summed E-state index contributed by atoms with van der Waals surface area (Å²) < 4.78 is 13.1. The highest BCUT2D eigenvalue weighted by Crippen LogP contribution is 2.15. The minimum atomic E-state index is -0.315. The van der Waals surface area contributed by atoms with Gasteiger partial charge in [-0.2, -0.15) is 0 Å². The maximum absolute atomic E-state index is 13.1. The molecule has 3 N–H and O–H groups in total. The second kappa shape index (κ2) is 5.46. The number of benzene rings is 1. The van der Waals surface area contributed by atoms with E-state index in [2.05, 4.69) is 20.6 Å². The van der Waals surface area contributed by atoms with Crippen LogP contribution in [-0.4, -0.2) is 53.5 Å². The Bertz CT molecular complexity index is 620. The van der Waals surface area contributed by atoms with Crippen LogP contribution in [-0.2, 0) is 4.79 Å². The first-order valence-electron chi connectivity index (χ1n) is 6.60. The highest BCUT2D eigenvalue weighted by molar-refractivity contribution is 5.82. The molecule has 106 valence electrons. The van der Waals surface area contributed by atoms with Crippen molar-refractivity contribution in [3.63, 3.8) is 0 Å². The molecule has 2 aromatic rings. The molecule has 1 aromatic heterocycles. The molecule has 1 fully saturated rings. The largest absolute Gasteiger partial charge is 0.347 e. The van der Waals surface area contributed by atoms with E-state index in [0.717, 1.165) is 26.2 Å². The fourth-order valence-electron chi connectivity index (χ4n) is 2.25. The van der Waals surface area contributed by atoms with Crippen LogP contribution in [0.4, 0.5) is 10.3 Å². The Morgan fingerprint density at radius 2 is 2.20 bits per heavy atom. The number of H-pyrrole nitrogens is 1. The van der Waals surface area contributed by atoms with E-state index in [4.69, 9.17) is 0 Å². The lowest BCUT2D eigenvalue weighted by molar-refractivity contribution is -0.129. The van der Waals surface area contributed by atoms with Gasteiger partial charge < -0.3 is 20.5 Å². The summed E-state index contributed by atoms with van der Waals surface area (Å²) in [6, 6.07) is 4.34. The van der Waals surface area contributed by atoms with Crippen LogP contribution < -0.4 is 10.6 Å². The van der Waals surface area contributed by atoms with Crippen molar-refractivity contribution in [3.05, 3.63) is 24.0 Å². The van der Waals surface area contributed by atoms with Crippen molar-refractivity contribution in [1.29, 1.82) is 0 Å². The molecule has 0 bridgehead atoms. The second-order valence-electron chi connectivity index (χ2n) is 4.73. The van der Waals surface area contributed by atoms with Crippen molar-refractivity contribution in [2.45, 2.75) is 0 Å². The lowest BCUT2D eigenvalue weighted by Gasteiger charge is -2.27. The van der Waals surface area contributed by atoms with Gasteiger partial charge >= 0.3 is 0 Å². The molecule has 1 aliphatic heterocycles. The van der Waals surface area contributed by atoms with E-state index >= 15 is 0 Å². The van der Waals surface area contributed by atoms with Crippen molar-refractivity contribution in [3.8, 4) is 0 Å². The number of halogens is 1. The SMILES string of the molecule is O=C(CNc1nc2ccc(F)cc2[nH]1)N1CCNCC1. The molecule has 1 saturated heterocycles. The third kappa shape index (κ3) is 2.72. The molecule has 0 saturated carbocycles. The van der Waals surface area contributed by atoms with Gasteiger partial charge in [-0.05, 0) is 18.2 Å². The average molecular weight is 277 g/mol. The minimum Gasteiger partial charge on any atom is -0.347 e. The van der Waals surface area contributed by atoms with Crippen LogP contribution in [0.15, 0.2) is 18.2 Å². The zero-order chi connectivity index (χ0) is 13.9. The number of hydrogen-bond donors (Lipinski definition) is 3. The normalized spacial score (nSPS) is 15.6. The number of aromatic nitrogens is 2. The first-order chi connectivity index (χ1) is 9.72. The Labute approximate surface area is 115 Å². The molecule has 3 rings (SSSR count). The Balaban J connectivity index is 1.63. The lowest BCUT2D eigenvalue weighted by atomic mass is 10.3. The van der Waals surface area contributed by atoms with E-state index in [-0.39, 0.29) is 18.3 Å². The molecule has 1 aromatic carbocycles. The molecule has 1 aliphatic rings. The third-order valence-electron chi connectivity index (χ3n) is 3.32. The van der Waals surface area contributed by atoms with Crippen LogP contribution in [0, 0.1) is 5.82 Å². The number of fused-ring (bicyclic) bond motifs is 1. The summed E-state index contributed by atoms with van der Waals surface area (Å²) in [5.74, 6) is 0.205. The van der Waals surface area contributed by atoms with Crippen molar-refractivity contribution >= 4 is 22.9 Å². The molecule has 0 atom stereocenters. The molecular formula is C13H16FN5O. The summed E-state index contributed by atoms with van der Waals surface area (Å²) in [5.41, 5.74) is 1.28. The van der Waals surface area contributed by atoms with E-state index in [1.165, 1.54) is 12.1 Å². The molecule has 6 nitrogen and oxygen atoms in total. The number of nitrogens with one attached hydrogen (secondary N) is 3. The van der Waals surface area contributed by atoms with E-state index < -0.39 is 0 Å². The lowest BCUT2D eigenvalue weighted by Crippen LogP contribution is -2.48. The van der Waals surface area contributed by atoms with Crippen LogP contribution in [0.1, 0.15) is 0 Å². The van der Waals surface area contributed by atoms with Gasteiger partial charge in [-0.3, -0.25) is 4.79 Å². The summed E-state index contributed by atoms with van der Waals surface area (Å²) in [6.45, 7) is 3.30. The van der Waals surface area contributed by atoms with Crippen molar-refractivity contribution < 1.29 is 9.18 Å². The summed E-state index contributed by atoms with van der Waals surface area (Å²) >= 11 is 0. The van der Waals surface area contributed by atoms with Gasteiger partial charge in [-0.15, -0.1) is 0 Å². The van der Waals surface area contributed by atoms with Crippen molar-refractivity contribution in [1.82, 2.24) is 20.2 Å². The van der Waals surface area contributed by atoms with Gasteiger partial charge in [0.2, 0.25) is 11.9 Å². The molecule has 2 heterocycles. The predicted molar refractivity (Wildman–Crippen MR) is 74.0 cm³/mol. The van der Waals surface area contributed by atoms with Crippen molar-refractivity contribution in [2.75, 3.05) is 38.0 Å². The van der Waals surface area contributed by atoms with Crippen LogP contribution in [0.25, 0.3) is 11.0 Å². The van der Waals surface area contributed by atoms with Gasteiger partial charge in [-0.1, -0.05) is 0 Å². The summed E-state index contributed by atoms with van der Waals surface area (Å²) in [7, 11) is 0. The Morgan fingerprint density at radius 3 is 3.00 bits per heavy atom. The van der Waals surface area contributed by atoms with E-state index in [1.54, 1.807) is 6.07 Å². The zero-order valence-corrected chi connectivity index (χ0v) is 10.9. The number of rotatable bonds is 3. The summed E-state index contributed by atoms with van der Waals surface area (Å²) in [6.07, 6.45) is 0. The van der Waals surface area contributed by atoms with Crippen LogP contribution >= 0.6 is 0 Å². The Morgan fingerprint density at radius 1 is 1.40 bits per heavy atom. The summed E-state index contributed by atoms with van der Waals surface area (Å²) in [4.78, 5) is 21.0. The average Bonchev–Trinajstić information content (AvgIpc) is 2.87. The van der Waals surface area contributed by atoms with Gasteiger partial charge in [0.25, 0.3) is 0 Å². The van der Waals surface area contributed by atoms with Gasteiger partial charge in [0.15, 0.2) is 0 Å². The van der Waals surface area contributed by atoms with Crippen LogP contribution in [0.3, 0.4) is 0 Å². The molecular weight excluding hydrogens is 261 g/mol. The number of carbonyl (C=O) groups excluding carboxylic acids is 1. The highest BCUT2D eigenvalue weighted by atomic mass is 19.1. The van der Waals surface area contributed by atoms with Gasteiger partial charge in [0.1, 0.15) is 5.82 Å². The topological polar surface area (TPSA) is 73.0 Å². The minimum absolute atomic E-state index is 0.0399. The molecule has 0 aliphatic carbocycles. The fraction of sp³-hybridized carbons (Fsp3) is 0.385. The number of nitrogens with zero attached hydrogens (tertiary/aromatic N) is 2. The standard InChI is InChI=1S/C13H16FN5O/c14-9-1-2-10-11(7-9)18-13(17-10)16-8-12(20)19-5-3-15-4-6-19/h1-2,7,15H,3-6,8H2,(H2,16,17,18). The van der Waals surface area contributed by atoms with Crippen molar-refractivity contribution in [2.24, 2.45) is 0 Å². The van der Waals surface area contributed by atoms with E-state index in [0.29, 0.717) is 17.0 Å². The predicted octanol–water partition coefficient (Wildman–Crippen LogP) is 0.546. The smallest absolute Gasteiger partial charge is 0.242 e. The number of aromatic amines is 1. The van der Waals surface area contributed by atoms with Gasteiger partial charge in [-0.25, -0.2) is 9.37 Å². The maximum Gasteiger partial charge on any atom is 0.242 e. The first-order valence-corrected chi connectivity index (χ1v) is 6.60. The Kier molecular flexibility index (Phi) is 3.51.